The third-order valence-corrected chi connectivity index (χ3v) is 1.18. The molecular formula is C7H13N3O2. The Kier molecular flexibility index (Phi) is 5.75. The first-order chi connectivity index (χ1) is 5.70. The highest BCUT2D eigenvalue weighted by Gasteiger charge is 2.02. The number of nitriles is 1. The molecule has 0 spiro atoms. The topological polar surface area (TPSA) is 65.4 Å². The SMILES string of the molecule is COCCNC(=O)CN(C)C#N. The van der Waals surface area contributed by atoms with Gasteiger partial charge in [0.15, 0.2) is 6.19 Å². The van der Waals surface area contributed by atoms with Crippen LogP contribution in [0.2, 0.25) is 0 Å². The van der Waals surface area contributed by atoms with E-state index in [1.165, 1.54) is 4.90 Å². The molecular weight excluding hydrogens is 158 g/mol. The Morgan fingerprint density at radius 3 is 2.92 bits per heavy atom. The monoisotopic (exact) mass is 171 g/mol. The minimum Gasteiger partial charge on any atom is -0.383 e. The van der Waals surface area contributed by atoms with Crippen LogP contribution in [0.3, 0.4) is 0 Å². The molecule has 0 aliphatic carbocycles. The van der Waals surface area contributed by atoms with Gasteiger partial charge in [-0.3, -0.25) is 4.79 Å². The lowest BCUT2D eigenvalue weighted by Gasteiger charge is -2.08. The quantitative estimate of drug-likeness (QED) is 0.333. The van der Waals surface area contributed by atoms with Crippen LogP contribution in [0.25, 0.3) is 0 Å². The van der Waals surface area contributed by atoms with Crippen molar-refractivity contribution < 1.29 is 9.53 Å². The van der Waals surface area contributed by atoms with Crippen molar-refractivity contribution in [2.45, 2.75) is 0 Å². The van der Waals surface area contributed by atoms with Crippen LogP contribution in [0.4, 0.5) is 0 Å². The number of methoxy groups -OCH3 is 1. The second-order valence-corrected chi connectivity index (χ2v) is 2.30. The van der Waals surface area contributed by atoms with Gasteiger partial charge in [-0.25, -0.2) is 0 Å². The summed E-state index contributed by atoms with van der Waals surface area (Å²) in [5.74, 6) is -0.170. The van der Waals surface area contributed by atoms with Crippen LogP contribution in [0, 0.1) is 11.5 Å². The summed E-state index contributed by atoms with van der Waals surface area (Å²) >= 11 is 0. The molecule has 0 aliphatic rings. The average molecular weight is 171 g/mol. The Hall–Kier alpha value is -1.28. The van der Waals surface area contributed by atoms with Crippen LogP contribution >= 0.6 is 0 Å². The normalized spacial score (nSPS) is 8.75. The molecule has 0 atom stereocenters. The molecule has 12 heavy (non-hydrogen) atoms. The standard InChI is InChI=1S/C7H13N3O2/c1-10(6-8)5-7(11)9-3-4-12-2/h3-5H2,1-2H3,(H,9,11). The summed E-state index contributed by atoms with van der Waals surface area (Å²) in [4.78, 5) is 12.2. The number of amides is 1. The van der Waals surface area contributed by atoms with Crippen LogP contribution in [-0.2, 0) is 9.53 Å². The largest absolute Gasteiger partial charge is 0.383 e. The van der Waals surface area contributed by atoms with Crippen molar-refractivity contribution >= 4 is 5.91 Å². The summed E-state index contributed by atoms with van der Waals surface area (Å²) in [5.41, 5.74) is 0. The van der Waals surface area contributed by atoms with E-state index in [1.54, 1.807) is 14.2 Å². The van der Waals surface area contributed by atoms with E-state index in [-0.39, 0.29) is 12.5 Å². The molecule has 0 fully saturated rings. The predicted octanol–water partition coefficient (Wildman–Crippen LogP) is -0.838. The zero-order chi connectivity index (χ0) is 9.40. The maximum absolute atomic E-state index is 10.9. The highest BCUT2D eigenvalue weighted by Crippen LogP contribution is 1.76. The third kappa shape index (κ3) is 5.50. The van der Waals surface area contributed by atoms with Gasteiger partial charge in [-0.05, 0) is 0 Å². The molecule has 1 amide bonds. The molecule has 1 N–H and O–H groups in total. The Bertz CT molecular complexity index is 176. The van der Waals surface area contributed by atoms with E-state index < -0.39 is 0 Å². The van der Waals surface area contributed by atoms with Crippen LogP contribution in [-0.4, -0.2) is 44.7 Å². The number of hydrogen-bond donors (Lipinski definition) is 1. The lowest BCUT2D eigenvalue weighted by atomic mass is 10.5. The molecule has 0 aromatic carbocycles. The van der Waals surface area contributed by atoms with Crippen molar-refractivity contribution in [2.75, 3.05) is 33.9 Å². The molecule has 68 valence electrons. The first-order valence-corrected chi connectivity index (χ1v) is 3.57. The Morgan fingerprint density at radius 2 is 2.42 bits per heavy atom. The molecule has 0 saturated carbocycles. The van der Waals surface area contributed by atoms with Crippen molar-refractivity contribution in [1.82, 2.24) is 10.2 Å². The second kappa shape index (κ2) is 6.43. The second-order valence-electron chi connectivity index (χ2n) is 2.30. The minimum atomic E-state index is -0.170. The minimum absolute atomic E-state index is 0.0974. The van der Waals surface area contributed by atoms with E-state index in [0.29, 0.717) is 13.2 Å². The smallest absolute Gasteiger partial charge is 0.240 e. The zero-order valence-electron chi connectivity index (χ0n) is 7.33. The molecule has 0 saturated heterocycles. The molecule has 0 aromatic rings. The number of likely N-dealkylation sites (N-methyl/N-ethyl adjacent to an activating group) is 1. The molecule has 0 aromatic heterocycles. The summed E-state index contributed by atoms with van der Waals surface area (Å²) in [7, 11) is 3.11. The fourth-order valence-electron chi connectivity index (χ4n) is 0.599. The van der Waals surface area contributed by atoms with Gasteiger partial charge in [0.25, 0.3) is 0 Å². The Morgan fingerprint density at radius 1 is 1.75 bits per heavy atom. The number of carbonyl (C=O) groups is 1. The summed E-state index contributed by atoms with van der Waals surface area (Å²) in [6, 6.07) is 0. The van der Waals surface area contributed by atoms with E-state index in [4.69, 9.17) is 10.00 Å². The third-order valence-electron chi connectivity index (χ3n) is 1.18. The summed E-state index contributed by atoms with van der Waals surface area (Å²) < 4.78 is 4.73. The van der Waals surface area contributed by atoms with Gasteiger partial charge >= 0.3 is 0 Å². The van der Waals surface area contributed by atoms with Crippen LogP contribution < -0.4 is 5.32 Å². The predicted molar refractivity (Wildman–Crippen MR) is 43.1 cm³/mol. The molecule has 0 rings (SSSR count). The zero-order valence-corrected chi connectivity index (χ0v) is 7.33. The lowest BCUT2D eigenvalue weighted by Crippen LogP contribution is -2.34. The van der Waals surface area contributed by atoms with Gasteiger partial charge in [-0.15, -0.1) is 0 Å². The van der Waals surface area contributed by atoms with Gasteiger partial charge in [0, 0.05) is 20.7 Å². The number of nitrogens with zero attached hydrogens (tertiary/aromatic N) is 2. The molecule has 5 nitrogen and oxygen atoms in total. The summed E-state index contributed by atoms with van der Waals surface area (Å²) in [6.07, 6.45) is 1.83. The van der Waals surface area contributed by atoms with Gasteiger partial charge in [-0.2, -0.15) is 5.26 Å². The molecule has 0 unspecified atom stereocenters. The van der Waals surface area contributed by atoms with Crippen molar-refractivity contribution in [3.63, 3.8) is 0 Å². The lowest BCUT2D eigenvalue weighted by molar-refractivity contribution is -0.121. The van der Waals surface area contributed by atoms with E-state index in [0.717, 1.165) is 0 Å². The van der Waals surface area contributed by atoms with E-state index in [2.05, 4.69) is 5.32 Å². The van der Waals surface area contributed by atoms with Crippen LogP contribution in [0.5, 0.6) is 0 Å². The van der Waals surface area contributed by atoms with Crippen molar-refractivity contribution in [2.24, 2.45) is 0 Å². The highest BCUT2D eigenvalue weighted by atomic mass is 16.5. The number of nitrogens with one attached hydrogen (secondary N) is 1. The Labute approximate surface area is 71.9 Å². The maximum Gasteiger partial charge on any atom is 0.240 e. The number of carbonyl (C=O) groups excluding carboxylic acids is 1. The van der Waals surface area contributed by atoms with Gasteiger partial charge in [0.1, 0.15) is 6.54 Å². The molecule has 0 aliphatic heterocycles. The molecule has 0 radical (unpaired) electrons. The first-order valence-electron chi connectivity index (χ1n) is 3.57. The van der Waals surface area contributed by atoms with E-state index in [9.17, 15) is 4.79 Å². The number of ether oxygens (including phenoxy) is 1. The maximum atomic E-state index is 10.9. The highest BCUT2D eigenvalue weighted by molar-refractivity contribution is 5.78. The molecule has 0 bridgehead atoms. The summed E-state index contributed by atoms with van der Waals surface area (Å²) in [5, 5.41) is 10.9. The van der Waals surface area contributed by atoms with Crippen LogP contribution in [0.1, 0.15) is 0 Å². The van der Waals surface area contributed by atoms with Gasteiger partial charge in [-0.1, -0.05) is 0 Å². The summed E-state index contributed by atoms with van der Waals surface area (Å²) in [6.45, 7) is 1.07. The molecule has 5 heteroatoms. The Balaban J connectivity index is 3.41. The first kappa shape index (κ1) is 10.7. The fourth-order valence-corrected chi connectivity index (χ4v) is 0.599. The van der Waals surface area contributed by atoms with Gasteiger partial charge < -0.3 is 15.0 Å². The van der Waals surface area contributed by atoms with Crippen molar-refractivity contribution in [3.05, 3.63) is 0 Å². The van der Waals surface area contributed by atoms with Crippen LogP contribution in [0.15, 0.2) is 0 Å². The van der Waals surface area contributed by atoms with E-state index >= 15 is 0 Å². The molecule has 0 heterocycles. The van der Waals surface area contributed by atoms with Gasteiger partial charge in [0.2, 0.25) is 5.91 Å². The van der Waals surface area contributed by atoms with Gasteiger partial charge in [0.05, 0.1) is 6.61 Å². The number of rotatable bonds is 5. The van der Waals surface area contributed by atoms with E-state index in [1.807, 2.05) is 6.19 Å². The fraction of sp³-hybridized carbons (Fsp3) is 0.714. The number of hydrogen-bond acceptors (Lipinski definition) is 4. The average Bonchev–Trinajstić information content (AvgIpc) is 2.05. The van der Waals surface area contributed by atoms with Crippen molar-refractivity contribution in [1.29, 1.82) is 5.26 Å². The van der Waals surface area contributed by atoms with Crippen molar-refractivity contribution in [3.8, 4) is 6.19 Å².